The van der Waals surface area contributed by atoms with Crippen LogP contribution in [0, 0.1) is 17.5 Å². The summed E-state index contributed by atoms with van der Waals surface area (Å²) in [5, 5.41) is -0.172. The molecule has 30 heavy (non-hydrogen) atoms. The van der Waals surface area contributed by atoms with E-state index in [1.165, 1.54) is 17.0 Å². The topological polar surface area (TPSA) is 124 Å². The predicted octanol–water partition coefficient (Wildman–Crippen LogP) is 0.966. The molecule has 1 aliphatic heterocycles. The van der Waals surface area contributed by atoms with Crippen LogP contribution >= 0.6 is 0 Å². The summed E-state index contributed by atoms with van der Waals surface area (Å²) in [6.07, 6.45) is 0.926. The first kappa shape index (κ1) is 19.6. The molecule has 1 aliphatic rings. The standard InChI is InChI=1S/C19H14F3N5O3/c20-8-3-12(21)16(13(22)4-8)27-7-11(18(24)30)17(29)10-1-2-14(25-19(10)27)26-6-9(23)5-15(26)28/h1-4,7,9H,5-6,23H2,(H2,24,30). The van der Waals surface area contributed by atoms with E-state index in [4.69, 9.17) is 11.5 Å². The van der Waals surface area contributed by atoms with Gasteiger partial charge in [0.25, 0.3) is 5.91 Å². The lowest BCUT2D eigenvalue weighted by Crippen LogP contribution is -2.29. The molecule has 8 nitrogen and oxygen atoms in total. The Hall–Kier alpha value is -3.73. The normalized spacial score (nSPS) is 16.5. The van der Waals surface area contributed by atoms with E-state index in [9.17, 15) is 27.6 Å². The van der Waals surface area contributed by atoms with E-state index in [2.05, 4.69) is 4.98 Å². The molecule has 2 amide bonds. The number of pyridine rings is 2. The highest BCUT2D eigenvalue weighted by Crippen LogP contribution is 2.26. The van der Waals surface area contributed by atoms with E-state index in [1.807, 2.05) is 0 Å². The van der Waals surface area contributed by atoms with E-state index in [1.54, 1.807) is 0 Å². The largest absolute Gasteiger partial charge is 0.365 e. The fourth-order valence-electron chi connectivity index (χ4n) is 3.41. The van der Waals surface area contributed by atoms with E-state index in [0.717, 1.165) is 10.8 Å². The highest BCUT2D eigenvalue weighted by molar-refractivity contribution is 5.98. The molecular formula is C19H14F3N5O3. The highest BCUT2D eigenvalue weighted by Gasteiger charge is 2.30. The van der Waals surface area contributed by atoms with E-state index in [-0.39, 0.29) is 35.7 Å². The van der Waals surface area contributed by atoms with E-state index >= 15 is 0 Å². The van der Waals surface area contributed by atoms with Crippen molar-refractivity contribution in [2.75, 3.05) is 11.4 Å². The Morgan fingerprint density at radius 3 is 2.37 bits per heavy atom. The van der Waals surface area contributed by atoms with Gasteiger partial charge in [-0.3, -0.25) is 23.9 Å². The fraction of sp³-hybridized carbons (Fsp3) is 0.158. The molecule has 3 heterocycles. The molecule has 0 saturated carbocycles. The van der Waals surface area contributed by atoms with Gasteiger partial charge in [-0.1, -0.05) is 0 Å². The molecule has 154 valence electrons. The molecule has 4 rings (SSSR count). The van der Waals surface area contributed by atoms with Crippen LogP contribution in [-0.2, 0) is 4.79 Å². The molecule has 2 aromatic heterocycles. The summed E-state index contributed by atoms with van der Waals surface area (Å²) in [7, 11) is 0. The minimum atomic E-state index is -1.29. The zero-order valence-electron chi connectivity index (χ0n) is 15.2. The monoisotopic (exact) mass is 417 g/mol. The third-order valence-corrected chi connectivity index (χ3v) is 4.76. The number of hydrogen-bond acceptors (Lipinski definition) is 5. The first-order valence-corrected chi connectivity index (χ1v) is 8.74. The molecule has 11 heteroatoms. The molecule has 1 fully saturated rings. The number of nitrogens with two attached hydrogens (primary N) is 2. The van der Waals surface area contributed by atoms with Gasteiger partial charge in [0.2, 0.25) is 11.3 Å². The maximum atomic E-state index is 14.5. The van der Waals surface area contributed by atoms with Crippen LogP contribution in [0.5, 0.6) is 0 Å². The van der Waals surface area contributed by atoms with Crippen molar-refractivity contribution in [1.82, 2.24) is 9.55 Å². The Balaban J connectivity index is 2.06. The van der Waals surface area contributed by atoms with Gasteiger partial charge in [-0.2, -0.15) is 0 Å². The van der Waals surface area contributed by atoms with Crippen molar-refractivity contribution in [3.63, 3.8) is 0 Å². The summed E-state index contributed by atoms with van der Waals surface area (Å²) in [6, 6.07) is 3.09. The Bertz CT molecular complexity index is 1270. The van der Waals surface area contributed by atoms with Crippen molar-refractivity contribution in [3.05, 3.63) is 63.7 Å². The van der Waals surface area contributed by atoms with Gasteiger partial charge in [-0.25, -0.2) is 18.2 Å². The third-order valence-electron chi connectivity index (χ3n) is 4.76. The minimum Gasteiger partial charge on any atom is -0.365 e. The average Bonchev–Trinajstić information content (AvgIpc) is 3.00. The zero-order valence-corrected chi connectivity index (χ0v) is 15.2. The molecule has 0 aliphatic carbocycles. The van der Waals surface area contributed by atoms with Crippen molar-refractivity contribution < 1.29 is 22.8 Å². The molecular weight excluding hydrogens is 403 g/mol. The molecule has 1 atom stereocenters. The summed E-state index contributed by atoms with van der Waals surface area (Å²) in [5.41, 5.74) is 8.65. The van der Waals surface area contributed by atoms with Crippen molar-refractivity contribution >= 4 is 28.7 Å². The molecule has 1 unspecified atom stereocenters. The van der Waals surface area contributed by atoms with Crippen LogP contribution in [0.1, 0.15) is 16.8 Å². The second-order valence-corrected chi connectivity index (χ2v) is 6.83. The highest BCUT2D eigenvalue weighted by atomic mass is 19.1. The number of fused-ring (bicyclic) bond motifs is 1. The van der Waals surface area contributed by atoms with Crippen LogP contribution in [0.25, 0.3) is 16.7 Å². The van der Waals surface area contributed by atoms with Gasteiger partial charge in [0.15, 0.2) is 17.3 Å². The SMILES string of the molecule is NC(=O)c1cn(-c2c(F)cc(F)cc2F)c2nc(N3CC(N)CC3=O)ccc2c1=O. The number of aromatic nitrogens is 2. The lowest BCUT2D eigenvalue weighted by atomic mass is 10.1. The summed E-state index contributed by atoms with van der Waals surface area (Å²) < 4.78 is 43.1. The van der Waals surface area contributed by atoms with Gasteiger partial charge in [0, 0.05) is 37.3 Å². The molecule has 3 aromatic rings. The molecule has 4 N–H and O–H groups in total. The van der Waals surface area contributed by atoms with Crippen LogP contribution in [0.4, 0.5) is 19.0 Å². The van der Waals surface area contributed by atoms with Gasteiger partial charge >= 0.3 is 0 Å². The van der Waals surface area contributed by atoms with Crippen molar-refractivity contribution in [2.24, 2.45) is 11.5 Å². The maximum absolute atomic E-state index is 14.5. The van der Waals surface area contributed by atoms with E-state index in [0.29, 0.717) is 12.1 Å². The quantitative estimate of drug-likeness (QED) is 0.657. The van der Waals surface area contributed by atoms with Crippen molar-refractivity contribution in [1.29, 1.82) is 0 Å². The smallest absolute Gasteiger partial charge is 0.254 e. The molecule has 1 aromatic carbocycles. The number of nitrogens with zero attached hydrogens (tertiary/aromatic N) is 3. The maximum Gasteiger partial charge on any atom is 0.254 e. The number of primary amides is 1. The van der Waals surface area contributed by atoms with Crippen LogP contribution in [0.15, 0.2) is 35.3 Å². The second-order valence-electron chi connectivity index (χ2n) is 6.83. The van der Waals surface area contributed by atoms with Crippen LogP contribution in [0.3, 0.4) is 0 Å². The van der Waals surface area contributed by atoms with Gasteiger partial charge in [-0.15, -0.1) is 0 Å². The fourth-order valence-corrected chi connectivity index (χ4v) is 3.41. The predicted molar refractivity (Wildman–Crippen MR) is 101 cm³/mol. The number of amides is 2. The van der Waals surface area contributed by atoms with Crippen molar-refractivity contribution in [3.8, 4) is 5.69 Å². The minimum absolute atomic E-state index is 0.0916. The summed E-state index contributed by atoms with van der Waals surface area (Å²) in [4.78, 5) is 42.0. The number of hydrogen-bond donors (Lipinski definition) is 2. The number of halogens is 3. The zero-order chi connectivity index (χ0) is 21.7. The average molecular weight is 417 g/mol. The third kappa shape index (κ3) is 3.08. The Kier molecular flexibility index (Phi) is 4.54. The Morgan fingerprint density at radius 2 is 1.80 bits per heavy atom. The van der Waals surface area contributed by atoms with E-state index < -0.39 is 46.1 Å². The first-order valence-electron chi connectivity index (χ1n) is 8.74. The van der Waals surface area contributed by atoms with Crippen molar-refractivity contribution in [2.45, 2.75) is 12.5 Å². The number of carbonyl (C=O) groups excluding carboxylic acids is 2. The van der Waals surface area contributed by atoms with Gasteiger partial charge in [-0.05, 0) is 12.1 Å². The molecule has 1 saturated heterocycles. The Morgan fingerprint density at radius 1 is 1.13 bits per heavy atom. The number of rotatable bonds is 3. The summed E-state index contributed by atoms with van der Waals surface area (Å²) >= 11 is 0. The Labute approximate surface area is 166 Å². The number of anilines is 1. The number of carbonyl (C=O) groups is 2. The molecule has 0 spiro atoms. The van der Waals surface area contributed by atoms with Crippen LogP contribution < -0.4 is 21.8 Å². The first-order chi connectivity index (χ1) is 14.2. The lowest BCUT2D eigenvalue weighted by molar-refractivity contribution is -0.117. The van der Waals surface area contributed by atoms with Gasteiger partial charge in [0.05, 0.1) is 5.39 Å². The molecule has 0 bridgehead atoms. The lowest BCUT2D eigenvalue weighted by Gasteiger charge is -2.18. The summed E-state index contributed by atoms with van der Waals surface area (Å²) in [6.45, 7) is 0.167. The van der Waals surface area contributed by atoms with Gasteiger partial charge in [0.1, 0.15) is 22.9 Å². The summed E-state index contributed by atoms with van der Waals surface area (Å²) in [5.74, 6) is -5.07. The molecule has 0 radical (unpaired) electrons. The van der Waals surface area contributed by atoms with Gasteiger partial charge < -0.3 is 11.5 Å². The van der Waals surface area contributed by atoms with Crippen LogP contribution in [-0.4, -0.2) is 34.0 Å². The number of benzene rings is 1. The van der Waals surface area contributed by atoms with Crippen LogP contribution in [0.2, 0.25) is 0 Å². The second kappa shape index (κ2) is 6.95.